The summed E-state index contributed by atoms with van der Waals surface area (Å²) in [5.74, 6) is -1.10. The van der Waals surface area contributed by atoms with Crippen LogP contribution in [0, 0.1) is 5.82 Å². The van der Waals surface area contributed by atoms with Crippen molar-refractivity contribution < 1.29 is 14.0 Å². The first-order valence-electron chi connectivity index (χ1n) is 10.7. The van der Waals surface area contributed by atoms with E-state index in [0.29, 0.717) is 11.4 Å². The van der Waals surface area contributed by atoms with Crippen molar-refractivity contribution in [3.63, 3.8) is 0 Å². The smallest absolute Gasteiger partial charge is 0.243 e. The van der Waals surface area contributed by atoms with Crippen molar-refractivity contribution in [3.05, 3.63) is 69.5 Å². The van der Waals surface area contributed by atoms with Crippen LogP contribution in [-0.4, -0.2) is 28.8 Å². The van der Waals surface area contributed by atoms with Gasteiger partial charge < -0.3 is 10.2 Å². The number of nitrogens with zero attached hydrogens (tertiary/aromatic N) is 1. The van der Waals surface area contributed by atoms with Crippen LogP contribution in [0.15, 0.2) is 42.5 Å². The van der Waals surface area contributed by atoms with Gasteiger partial charge in [0.15, 0.2) is 0 Å². The molecule has 1 atom stereocenters. The number of amides is 2. The Morgan fingerprint density at radius 3 is 2.42 bits per heavy atom. The molecule has 1 saturated carbocycles. The largest absolute Gasteiger partial charge is 0.352 e. The minimum Gasteiger partial charge on any atom is -0.352 e. The van der Waals surface area contributed by atoms with Crippen LogP contribution in [0.3, 0.4) is 0 Å². The van der Waals surface area contributed by atoms with Gasteiger partial charge in [-0.15, -0.1) is 0 Å². The molecule has 2 aromatic carbocycles. The zero-order chi connectivity index (χ0) is 22.4. The third-order valence-electron chi connectivity index (χ3n) is 5.78. The molecule has 1 aliphatic rings. The molecule has 1 unspecified atom stereocenters. The highest BCUT2D eigenvalue weighted by Gasteiger charge is 2.31. The summed E-state index contributed by atoms with van der Waals surface area (Å²) in [6.45, 7) is 2.02. The van der Waals surface area contributed by atoms with Gasteiger partial charge in [-0.3, -0.25) is 9.59 Å². The molecule has 1 N–H and O–H groups in total. The lowest BCUT2D eigenvalue weighted by atomic mass is 10.1. The van der Waals surface area contributed by atoms with Gasteiger partial charge >= 0.3 is 0 Å². The highest BCUT2D eigenvalue weighted by molar-refractivity contribution is 6.31. The fourth-order valence-corrected chi connectivity index (χ4v) is 4.48. The van der Waals surface area contributed by atoms with E-state index in [1.807, 2.05) is 19.1 Å². The van der Waals surface area contributed by atoms with Crippen molar-refractivity contribution in [2.75, 3.05) is 0 Å². The Kier molecular flexibility index (Phi) is 8.33. The predicted molar refractivity (Wildman–Crippen MR) is 122 cm³/mol. The van der Waals surface area contributed by atoms with Crippen molar-refractivity contribution in [2.45, 2.75) is 64.1 Å². The number of carbonyl (C=O) groups excluding carboxylic acids is 2. The molecule has 7 heteroatoms. The zero-order valence-corrected chi connectivity index (χ0v) is 19.1. The molecule has 166 valence electrons. The molecule has 1 aliphatic carbocycles. The first-order chi connectivity index (χ1) is 14.9. The lowest BCUT2D eigenvalue weighted by Crippen LogP contribution is -2.51. The minimum absolute atomic E-state index is 0.129. The first kappa shape index (κ1) is 23.6. The summed E-state index contributed by atoms with van der Waals surface area (Å²) in [5.41, 5.74) is 0.855. The molecular weight excluding hydrogens is 438 g/mol. The highest BCUT2D eigenvalue weighted by Crippen LogP contribution is 2.24. The van der Waals surface area contributed by atoms with Gasteiger partial charge in [0.05, 0.1) is 6.42 Å². The predicted octanol–water partition coefficient (Wildman–Crippen LogP) is 5.54. The van der Waals surface area contributed by atoms with E-state index in [-0.39, 0.29) is 41.4 Å². The molecule has 0 radical (unpaired) electrons. The van der Waals surface area contributed by atoms with Crippen molar-refractivity contribution in [1.82, 2.24) is 10.2 Å². The van der Waals surface area contributed by atoms with Gasteiger partial charge in [0.25, 0.3) is 0 Å². The molecule has 2 amide bonds. The number of hydrogen-bond donors (Lipinski definition) is 1. The summed E-state index contributed by atoms with van der Waals surface area (Å²) in [7, 11) is 0. The van der Waals surface area contributed by atoms with E-state index in [2.05, 4.69) is 5.32 Å². The van der Waals surface area contributed by atoms with Crippen LogP contribution in [0.1, 0.15) is 50.2 Å². The molecule has 2 aromatic rings. The SMILES string of the molecule is CCC(C(=O)NC1CCCC1)N(Cc1ccccc1Cl)C(=O)Cc1c(F)cccc1Cl. The van der Waals surface area contributed by atoms with Crippen molar-refractivity contribution in [3.8, 4) is 0 Å². The third-order valence-corrected chi connectivity index (χ3v) is 6.50. The van der Waals surface area contributed by atoms with Gasteiger partial charge in [0.1, 0.15) is 11.9 Å². The van der Waals surface area contributed by atoms with Gasteiger partial charge in [-0.2, -0.15) is 0 Å². The molecule has 0 bridgehead atoms. The van der Waals surface area contributed by atoms with E-state index < -0.39 is 11.9 Å². The standard InChI is InChI=1S/C24H27Cl2FN2O2/c1-2-22(24(31)28-17-9-4-5-10-17)29(15-16-8-3-6-11-19(16)25)23(30)14-18-20(26)12-7-13-21(18)27/h3,6-8,11-13,17,22H,2,4-5,9-10,14-15H2,1H3,(H,28,31). The second-order valence-corrected chi connectivity index (χ2v) is 8.72. The molecule has 3 rings (SSSR count). The van der Waals surface area contributed by atoms with Crippen LogP contribution in [-0.2, 0) is 22.6 Å². The normalized spacial score (nSPS) is 15.0. The van der Waals surface area contributed by atoms with Gasteiger partial charge in [-0.25, -0.2) is 4.39 Å². The maximum absolute atomic E-state index is 14.3. The Morgan fingerprint density at radius 2 is 1.77 bits per heavy atom. The van der Waals surface area contributed by atoms with Crippen LogP contribution in [0.2, 0.25) is 10.0 Å². The zero-order valence-electron chi connectivity index (χ0n) is 17.5. The van der Waals surface area contributed by atoms with Crippen molar-refractivity contribution >= 4 is 35.0 Å². The van der Waals surface area contributed by atoms with E-state index >= 15 is 0 Å². The van der Waals surface area contributed by atoms with Crippen molar-refractivity contribution in [1.29, 1.82) is 0 Å². The fraction of sp³-hybridized carbons (Fsp3) is 0.417. The number of carbonyl (C=O) groups is 2. The van der Waals surface area contributed by atoms with Gasteiger partial charge in [0, 0.05) is 28.2 Å². The highest BCUT2D eigenvalue weighted by atomic mass is 35.5. The lowest BCUT2D eigenvalue weighted by molar-refractivity contribution is -0.141. The van der Waals surface area contributed by atoms with Crippen LogP contribution < -0.4 is 5.32 Å². The third kappa shape index (κ3) is 5.98. The summed E-state index contributed by atoms with van der Waals surface area (Å²) in [5, 5.41) is 3.79. The van der Waals surface area contributed by atoms with Gasteiger partial charge in [-0.1, -0.05) is 67.2 Å². The minimum atomic E-state index is -0.685. The number of benzene rings is 2. The summed E-state index contributed by atoms with van der Waals surface area (Å²) in [6.07, 6.45) is 4.28. The van der Waals surface area contributed by atoms with Gasteiger partial charge in [0.2, 0.25) is 11.8 Å². The monoisotopic (exact) mass is 464 g/mol. The second kappa shape index (κ2) is 11.0. The summed E-state index contributed by atoms with van der Waals surface area (Å²) in [6, 6.07) is 11.0. The quantitative estimate of drug-likeness (QED) is 0.557. The van der Waals surface area contributed by atoms with Gasteiger partial charge in [-0.05, 0) is 43.0 Å². The average molecular weight is 465 g/mol. The van der Waals surface area contributed by atoms with Crippen LogP contribution >= 0.6 is 23.2 Å². The number of halogens is 3. The molecule has 1 fully saturated rings. The average Bonchev–Trinajstić information content (AvgIpc) is 3.25. The van der Waals surface area contributed by atoms with Crippen molar-refractivity contribution in [2.24, 2.45) is 0 Å². The fourth-order valence-electron chi connectivity index (χ4n) is 4.05. The Morgan fingerprint density at radius 1 is 1.10 bits per heavy atom. The Labute approximate surface area is 192 Å². The van der Waals surface area contributed by atoms with Crippen LogP contribution in [0.25, 0.3) is 0 Å². The Bertz CT molecular complexity index is 911. The number of nitrogens with one attached hydrogen (secondary N) is 1. The lowest BCUT2D eigenvalue weighted by Gasteiger charge is -2.32. The molecule has 0 spiro atoms. The number of hydrogen-bond acceptors (Lipinski definition) is 2. The summed E-state index contributed by atoms with van der Waals surface area (Å²) < 4.78 is 14.3. The molecular formula is C24H27Cl2FN2O2. The van der Waals surface area contributed by atoms with Crippen LogP contribution in [0.4, 0.5) is 4.39 Å². The Balaban J connectivity index is 1.87. The van der Waals surface area contributed by atoms with E-state index in [1.165, 1.54) is 17.0 Å². The van der Waals surface area contributed by atoms with E-state index in [0.717, 1.165) is 31.2 Å². The summed E-state index contributed by atoms with van der Waals surface area (Å²) >= 11 is 12.5. The molecule has 0 saturated heterocycles. The van der Waals surface area contributed by atoms with E-state index in [4.69, 9.17) is 23.2 Å². The van der Waals surface area contributed by atoms with Crippen LogP contribution in [0.5, 0.6) is 0 Å². The van der Waals surface area contributed by atoms with E-state index in [1.54, 1.807) is 18.2 Å². The first-order valence-corrected chi connectivity index (χ1v) is 11.4. The molecule has 4 nitrogen and oxygen atoms in total. The Hall–Kier alpha value is -2.11. The summed E-state index contributed by atoms with van der Waals surface area (Å²) in [4.78, 5) is 27.9. The van der Waals surface area contributed by atoms with E-state index in [9.17, 15) is 14.0 Å². The number of rotatable bonds is 8. The molecule has 0 heterocycles. The maximum Gasteiger partial charge on any atom is 0.243 e. The molecule has 0 aliphatic heterocycles. The topological polar surface area (TPSA) is 49.4 Å². The maximum atomic E-state index is 14.3. The second-order valence-electron chi connectivity index (χ2n) is 7.90. The molecule has 0 aromatic heterocycles. The molecule has 31 heavy (non-hydrogen) atoms.